The molecule has 650 valence electrons. The zero-order valence-corrected chi connectivity index (χ0v) is 77.7. The number of halogens is 17. The van der Waals surface area contributed by atoms with Gasteiger partial charge in [0.15, 0.2) is 0 Å². The molecule has 0 aromatic heterocycles. The smallest absolute Gasteiger partial charge is 0.423 e. The van der Waals surface area contributed by atoms with Crippen LogP contribution in [0.2, 0.25) is 0 Å². The van der Waals surface area contributed by atoms with Crippen LogP contribution in [-0.2, 0) is 27.9 Å². The fourth-order valence-corrected chi connectivity index (χ4v) is 12.6. The summed E-state index contributed by atoms with van der Waals surface area (Å²) in [6.45, 7) is 27.9. The summed E-state index contributed by atoms with van der Waals surface area (Å²) < 4.78 is 195. The first-order chi connectivity index (χ1) is 58.0. The lowest BCUT2D eigenvalue weighted by atomic mass is 9.49. The zero-order chi connectivity index (χ0) is 92.1. The predicted octanol–water partition coefficient (Wildman–Crippen LogP) is 24.6. The summed E-state index contributed by atoms with van der Waals surface area (Å²) in [5, 5.41) is 34.8. The largest absolute Gasteiger partial charge is 0.497 e. The third-order valence-electron chi connectivity index (χ3n) is 20.2. The van der Waals surface area contributed by atoms with E-state index >= 15 is 0 Å². The summed E-state index contributed by atoms with van der Waals surface area (Å²) in [7, 11) is -5.03. The molecule has 15 rings (SSSR count). The molecule has 0 saturated carbocycles. The highest BCUT2D eigenvalue weighted by atomic mass is 79.9. The number of hydrogen-bond donors (Lipinski definition) is 4. The van der Waals surface area contributed by atoms with Crippen molar-refractivity contribution in [2.75, 3.05) is 0 Å². The summed E-state index contributed by atoms with van der Waals surface area (Å²) in [6, 6.07) is 62.4. The van der Waals surface area contributed by atoms with E-state index in [4.69, 9.17) is 48.0 Å². The molecular weight excluding hydrogens is 1950 g/mol. The molecule has 32 heteroatoms. The van der Waals surface area contributed by atoms with Gasteiger partial charge in [-0.1, -0.05) is 161 Å². The molecule has 3 fully saturated rings. The van der Waals surface area contributed by atoms with Gasteiger partial charge in [-0.25, -0.2) is 52.7 Å². The molecule has 0 atom stereocenters. The van der Waals surface area contributed by atoms with Gasteiger partial charge in [0.05, 0.1) is 47.0 Å². The van der Waals surface area contributed by atoms with Crippen LogP contribution < -0.4 is 16.4 Å². The summed E-state index contributed by atoms with van der Waals surface area (Å²) in [6.07, 6.45) is 0. The fourth-order valence-electron chi connectivity index (χ4n) is 11.2. The summed E-state index contributed by atoms with van der Waals surface area (Å²) in [4.78, 5) is 0. The van der Waals surface area contributed by atoms with Crippen LogP contribution in [0.3, 0.4) is 0 Å². The Balaban J connectivity index is 0.000000197. The molecule has 124 heavy (non-hydrogen) atoms. The molecular formula is C92H88B5Br5F12O10. The molecule has 0 aliphatic carbocycles. The lowest BCUT2D eigenvalue weighted by Crippen LogP contribution is -2.41. The second-order valence-corrected chi connectivity index (χ2v) is 35.0. The van der Waals surface area contributed by atoms with Crippen molar-refractivity contribution in [3.63, 3.8) is 0 Å². The fraction of sp³-hybridized carbons (Fsp3) is 0.217. The Morgan fingerprint density at radius 2 is 0.500 bits per heavy atom. The van der Waals surface area contributed by atoms with Gasteiger partial charge in [0.2, 0.25) is 0 Å². The molecule has 0 unspecified atom stereocenters. The van der Waals surface area contributed by atoms with Gasteiger partial charge >= 0.3 is 35.4 Å². The minimum absolute atomic E-state index is 0.184. The Kier molecular flexibility index (Phi) is 38.0. The Morgan fingerprint density at radius 1 is 0.250 bits per heavy atom. The molecule has 3 aliphatic heterocycles. The third-order valence-corrected chi connectivity index (χ3v) is 23.2. The monoisotopic (exact) mass is 2030 g/mol. The average molecular weight is 2040 g/mol. The van der Waals surface area contributed by atoms with E-state index < -0.39 is 58.2 Å². The minimum Gasteiger partial charge on any atom is -0.423 e. The normalized spacial score (nSPS) is 14.9. The summed E-state index contributed by atoms with van der Waals surface area (Å²) >= 11 is 15.5. The molecule has 4 N–H and O–H groups in total. The molecule has 0 radical (unpaired) electrons. The molecule has 3 heterocycles. The molecule has 12 aromatic carbocycles. The van der Waals surface area contributed by atoms with Gasteiger partial charge < -0.3 is 48.0 Å². The van der Waals surface area contributed by atoms with Crippen LogP contribution in [0.4, 0.5) is 52.7 Å². The van der Waals surface area contributed by atoms with Crippen LogP contribution in [0.1, 0.15) is 96.9 Å². The number of benzene rings is 12. The van der Waals surface area contributed by atoms with Crippen LogP contribution >= 0.6 is 79.6 Å². The van der Waals surface area contributed by atoms with Crippen molar-refractivity contribution in [1.82, 2.24) is 0 Å². The van der Waals surface area contributed by atoms with E-state index in [1.807, 2.05) is 96.9 Å². The summed E-state index contributed by atoms with van der Waals surface area (Å²) in [5.74, 6) is -4.30. The molecule has 12 aromatic rings. The third kappa shape index (κ3) is 29.3. The quantitative estimate of drug-likeness (QED) is 0.0628. The van der Waals surface area contributed by atoms with Gasteiger partial charge in [-0.3, -0.25) is 0 Å². The highest BCUT2D eigenvalue weighted by Gasteiger charge is 2.64. The Morgan fingerprint density at radius 3 is 0.782 bits per heavy atom. The van der Waals surface area contributed by atoms with Crippen molar-refractivity contribution in [1.29, 1.82) is 0 Å². The van der Waals surface area contributed by atoms with E-state index in [1.165, 1.54) is 140 Å². The highest BCUT2D eigenvalue weighted by molar-refractivity contribution is 9.11. The average Bonchev–Trinajstić information content (AvgIpc) is 1.60. The Hall–Kier alpha value is -7.88. The number of rotatable bonds is 9. The molecule has 0 bridgehead atoms. The molecule has 0 amide bonds. The molecule has 10 nitrogen and oxygen atoms in total. The van der Waals surface area contributed by atoms with Crippen LogP contribution in [0.5, 0.6) is 0 Å². The van der Waals surface area contributed by atoms with Crippen LogP contribution in [0.25, 0.3) is 55.6 Å². The van der Waals surface area contributed by atoms with E-state index in [2.05, 4.69) is 79.6 Å². The Bertz CT molecular complexity index is 5290. The van der Waals surface area contributed by atoms with Gasteiger partial charge in [0.1, 0.15) is 69.8 Å². The Labute approximate surface area is 759 Å². The van der Waals surface area contributed by atoms with Gasteiger partial charge in [-0.2, -0.15) is 0 Å². The lowest BCUT2D eigenvalue weighted by molar-refractivity contribution is 0.00578. The molecule has 3 saturated heterocycles. The van der Waals surface area contributed by atoms with Crippen molar-refractivity contribution in [2.24, 2.45) is 0 Å². The van der Waals surface area contributed by atoms with Crippen molar-refractivity contribution >= 4 is 131 Å². The van der Waals surface area contributed by atoms with E-state index in [1.54, 1.807) is 115 Å². The first-order valence-electron chi connectivity index (χ1n) is 38.4. The van der Waals surface area contributed by atoms with Gasteiger partial charge in [0.25, 0.3) is 0 Å². The van der Waals surface area contributed by atoms with Crippen molar-refractivity contribution < 1.29 is 101 Å². The first kappa shape index (κ1) is 103. The standard InChI is InChI=1S/C18H19BF2O2.C12H24B2O4.C12H9BF2O2.3C12H7BrF2.C6H6BFO2.C6H3Br2F.C2H6/c1-17(2)18(3,4)23-19(22-17)15-10-7-13(11-16(15)21)12-5-8-14(20)9-6-12;1-9(2)10(3,4)16-13(15-9)14-17-11(5,6)12(7,8)18-14;14-10-4-1-8(2-5-10)9-3-6-11(13(16)17)12(15)7-9;13-9-3-6-11(12(15)7-9)8-1-4-10(14)5-2-8;2*13-11-6-3-9(7-12(11)15)8-1-4-10(14)5-2-8;8-6-3-1-5(2-4-6)7(9)10;7-4-1-2-5(8)6(9)3-4;1-2/h5-11H,1-4H3;1-8H3;1-7,16-17H;3*1-7H;1-4,9-10H;1-3H;1-2H3. The first-order valence-corrected chi connectivity index (χ1v) is 42.4. The van der Waals surface area contributed by atoms with Crippen LogP contribution in [0.15, 0.2) is 277 Å². The molecule has 0 spiro atoms. The zero-order valence-electron chi connectivity index (χ0n) is 69.8. The second-order valence-electron chi connectivity index (χ2n) is 30.6. The van der Waals surface area contributed by atoms with Crippen molar-refractivity contribution in [2.45, 2.75) is 131 Å². The summed E-state index contributed by atoms with van der Waals surface area (Å²) in [5.41, 5.74) is 4.85. The SMILES string of the molecule is CC.CC1(C)OB(B2OC(C)(C)C(C)(C)O2)OC1(C)C.CC1(C)OB(c2ccc(-c3ccc(F)cc3)cc2F)OC1(C)C.Fc1cc(Br)ccc1Br.Fc1ccc(-c2ccc(Br)c(F)c2)cc1.Fc1ccc(-c2ccc(Br)c(F)c2)cc1.Fc1ccc(-c2ccc(Br)cc2F)cc1.OB(O)c1ccc(-c2ccc(F)cc2)cc1F.OB(O)c1ccc(F)cc1. The van der Waals surface area contributed by atoms with E-state index in [-0.39, 0.29) is 86.0 Å². The van der Waals surface area contributed by atoms with E-state index in [0.717, 1.165) is 32.3 Å². The highest BCUT2D eigenvalue weighted by Crippen LogP contribution is 2.44. The van der Waals surface area contributed by atoms with E-state index in [0.29, 0.717) is 56.6 Å². The molecule has 3 aliphatic rings. The van der Waals surface area contributed by atoms with E-state index in [9.17, 15) is 52.7 Å². The van der Waals surface area contributed by atoms with Crippen molar-refractivity contribution in [3.05, 3.63) is 347 Å². The lowest BCUT2D eigenvalue weighted by Gasteiger charge is -2.32. The maximum Gasteiger partial charge on any atom is 0.497 e. The predicted molar refractivity (Wildman–Crippen MR) is 489 cm³/mol. The van der Waals surface area contributed by atoms with Crippen molar-refractivity contribution in [3.8, 4) is 55.6 Å². The topological polar surface area (TPSA) is 136 Å². The van der Waals surface area contributed by atoms with Gasteiger partial charge in [-0.05, 0) is 326 Å². The van der Waals surface area contributed by atoms with Gasteiger partial charge in [-0.15, -0.1) is 0 Å². The van der Waals surface area contributed by atoms with Crippen LogP contribution in [0, 0.1) is 69.8 Å². The minimum atomic E-state index is -1.84. The maximum atomic E-state index is 14.5. The van der Waals surface area contributed by atoms with Crippen LogP contribution in [-0.4, -0.2) is 89.1 Å². The number of hydrogen-bond acceptors (Lipinski definition) is 10. The maximum absolute atomic E-state index is 14.5. The van der Waals surface area contributed by atoms with Gasteiger partial charge in [0, 0.05) is 25.4 Å². The second kappa shape index (κ2) is 45.7.